The van der Waals surface area contributed by atoms with Gasteiger partial charge in [-0.05, 0) is 36.5 Å². The number of nitrogens with one attached hydrogen (secondary N) is 1. The molecule has 2 fully saturated rings. The predicted octanol–water partition coefficient (Wildman–Crippen LogP) is 2.57. The Balaban J connectivity index is 1.81. The molecule has 1 aromatic rings. The van der Waals surface area contributed by atoms with E-state index in [1.807, 2.05) is 12.1 Å². The first-order chi connectivity index (χ1) is 8.84. The number of halogens is 1. The highest BCUT2D eigenvalue weighted by Gasteiger charge is 2.33. The monoisotopic (exact) mass is 248 g/mol. The molecule has 1 N–H and O–H groups in total. The molecule has 0 spiro atoms. The zero-order valence-corrected chi connectivity index (χ0v) is 10.7. The SMILES string of the molecule is Fc1ccc([C@H](C2CCC2)N2CCNCC2)cc1. The molecule has 2 aliphatic rings. The molecule has 0 amide bonds. The van der Waals surface area contributed by atoms with Crippen LogP contribution < -0.4 is 5.32 Å². The zero-order chi connectivity index (χ0) is 12.4. The molecule has 1 aliphatic carbocycles. The molecule has 1 aliphatic heterocycles. The van der Waals surface area contributed by atoms with Crippen LogP contribution in [0.4, 0.5) is 4.39 Å². The van der Waals surface area contributed by atoms with E-state index in [1.54, 1.807) is 12.1 Å². The summed E-state index contributed by atoms with van der Waals surface area (Å²) in [5.41, 5.74) is 1.29. The molecule has 3 heteroatoms. The highest BCUT2D eigenvalue weighted by molar-refractivity contribution is 5.21. The summed E-state index contributed by atoms with van der Waals surface area (Å²) in [5.74, 6) is 0.639. The van der Waals surface area contributed by atoms with Crippen LogP contribution in [0, 0.1) is 11.7 Å². The quantitative estimate of drug-likeness (QED) is 0.884. The predicted molar refractivity (Wildman–Crippen MR) is 70.9 cm³/mol. The number of hydrogen-bond donors (Lipinski definition) is 1. The number of benzene rings is 1. The van der Waals surface area contributed by atoms with Crippen molar-refractivity contribution in [1.29, 1.82) is 0 Å². The summed E-state index contributed by atoms with van der Waals surface area (Å²) in [7, 11) is 0. The Morgan fingerprint density at radius 3 is 2.33 bits per heavy atom. The maximum Gasteiger partial charge on any atom is 0.123 e. The van der Waals surface area contributed by atoms with Crippen LogP contribution in [0.25, 0.3) is 0 Å². The summed E-state index contributed by atoms with van der Waals surface area (Å²) in [6, 6.07) is 7.65. The van der Waals surface area contributed by atoms with Gasteiger partial charge in [0.2, 0.25) is 0 Å². The van der Waals surface area contributed by atoms with Gasteiger partial charge in [0.15, 0.2) is 0 Å². The molecule has 1 atom stereocenters. The lowest BCUT2D eigenvalue weighted by Crippen LogP contribution is -2.47. The topological polar surface area (TPSA) is 15.3 Å². The molecule has 0 radical (unpaired) electrons. The molecule has 1 aromatic carbocycles. The molecule has 18 heavy (non-hydrogen) atoms. The lowest BCUT2D eigenvalue weighted by atomic mass is 9.76. The van der Waals surface area contributed by atoms with Crippen molar-refractivity contribution in [3.8, 4) is 0 Å². The number of piperazine rings is 1. The van der Waals surface area contributed by atoms with Crippen molar-refractivity contribution in [1.82, 2.24) is 10.2 Å². The summed E-state index contributed by atoms with van der Waals surface area (Å²) in [4.78, 5) is 2.58. The van der Waals surface area contributed by atoms with Gasteiger partial charge in [0.1, 0.15) is 5.82 Å². The first-order valence-electron chi connectivity index (χ1n) is 7.05. The molecule has 0 unspecified atom stereocenters. The Bertz CT molecular complexity index is 380. The van der Waals surface area contributed by atoms with Gasteiger partial charge in [-0.2, -0.15) is 0 Å². The van der Waals surface area contributed by atoms with Crippen LogP contribution in [-0.2, 0) is 0 Å². The second kappa shape index (κ2) is 5.37. The van der Waals surface area contributed by atoms with Gasteiger partial charge < -0.3 is 5.32 Å². The third kappa shape index (κ3) is 2.43. The van der Waals surface area contributed by atoms with E-state index in [0.717, 1.165) is 32.1 Å². The van der Waals surface area contributed by atoms with E-state index in [-0.39, 0.29) is 5.82 Å². The van der Waals surface area contributed by atoms with Crippen LogP contribution in [0.1, 0.15) is 30.9 Å². The van der Waals surface area contributed by atoms with E-state index in [2.05, 4.69) is 10.2 Å². The Hall–Kier alpha value is -0.930. The number of nitrogens with zero attached hydrogens (tertiary/aromatic N) is 1. The second-order valence-corrected chi connectivity index (χ2v) is 5.47. The minimum Gasteiger partial charge on any atom is -0.314 e. The third-order valence-electron chi connectivity index (χ3n) is 4.35. The minimum atomic E-state index is -0.133. The maximum atomic E-state index is 13.1. The van der Waals surface area contributed by atoms with E-state index in [9.17, 15) is 4.39 Å². The van der Waals surface area contributed by atoms with Gasteiger partial charge >= 0.3 is 0 Å². The number of rotatable bonds is 3. The van der Waals surface area contributed by atoms with Crippen molar-refractivity contribution in [3.63, 3.8) is 0 Å². The van der Waals surface area contributed by atoms with Crippen molar-refractivity contribution in [2.24, 2.45) is 5.92 Å². The Morgan fingerprint density at radius 2 is 1.78 bits per heavy atom. The van der Waals surface area contributed by atoms with E-state index in [0.29, 0.717) is 6.04 Å². The van der Waals surface area contributed by atoms with Crippen molar-refractivity contribution < 1.29 is 4.39 Å². The molecular weight excluding hydrogens is 227 g/mol. The molecule has 98 valence electrons. The Morgan fingerprint density at radius 1 is 1.11 bits per heavy atom. The minimum absolute atomic E-state index is 0.133. The van der Waals surface area contributed by atoms with Crippen molar-refractivity contribution >= 4 is 0 Å². The highest BCUT2D eigenvalue weighted by Crippen LogP contribution is 2.41. The second-order valence-electron chi connectivity index (χ2n) is 5.47. The lowest BCUT2D eigenvalue weighted by Gasteiger charge is -2.43. The van der Waals surface area contributed by atoms with E-state index >= 15 is 0 Å². The van der Waals surface area contributed by atoms with Crippen LogP contribution in [0.15, 0.2) is 24.3 Å². The van der Waals surface area contributed by atoms with Crippen molar-refractivity contribution in [2.45, 2.75) is 25.3 Å². The summed E-state index contributed by atoms with van der Waals surface area (Å²) in [6.45, 7) is 4.37. The van der Waals surface area contributed by atoms with Crippen LogP contribution in [0.2, 0.25) is 0 Å². The fraction of sp³-hybridized carbons (Fsp3) is 0.600. The first-order valence-corrected chi connectivity index (χ1v) is 7.05. The Kier molecular flexibility index (Phi) is 3.62. The average Bonchev–Trinajstić information content (AvgIpc) is 2.36. The zero-order valence-electron chi connectivity index (χ0n) is 10.7. The summed E-state index contributed by atoms with van der Waals surface area (Å²) >= 11 is 0. The Labute approximate surface area is 108 Å². The summed E-state index contributed by atoms with van der Waals surface area (Å²) < 4.78 is 13.1. The molecule has 1 saturated heterocycles. The van der Waals surface area contributed by atoms with Gasteiger partial charge in [-0.1, -0.05) is 18.6 Å². The molecule has 0 bridgehead atoms. The average molecular weight is 248 g/mol. The van der Waals surface area contributed by atoms with Gasteiger partial charge in [0.25, 0.3) is 0 Å². The largest absolute Gasteiger partial charge is 0.314 e. The molecule has 2 nitrogen and oxygen atoms in total. The molecule has 0 aromatic heterocycles. The van der Waals surface area contributed by atoms with E-state index in [4.69, 9.17) is 0 Å². The van der Waals surface area contributed by atoms with Gasteiger partial charge in [0.05, 0.1) is 0 Å². The third-order valence-corrected chi connectivity index (χ3v) is 4.35. The van der Waals surface area contributed by atoms with Crippen LogP contribution in [0.3, 0.4) is 0 Å². The first kappa shape index (κ1) is 12.1. The highest BCUT2D eigenvalue weighted by atomic mass is 19.1. The fourth-order valence-corrected chi connectivity index (χ4v) is 3.16. The fourth-order valence-electron chi connectivity index (χ4n) is 3.16. The molecule has 3 rings (SSSR count). The van der Waals surface area contributed by atoms with Gasteiger partial charge in [-0.15, -0.1) is 0 Å². The van der Waals surface area contributed by atoms with Gasteiger partial charge in [-0.25, -0.2) is 4.39 Å². The molecule has 1 heterocycles. The van der Waals surface area contributed by atoms with E-state index < -0.39 is 0 Å². The van der Waals surface area contributed by atoms with E-state index in [1.165, 1.54) is 24.8 Å². The van der Waals surface area contributed by atoms with Crippen molar-refractivity contribution in [3.05, 3.63) is 35.6 Å². The van der Waals surface area contributed by atoms with Gasteiger partial charge in [0, 0.05) is 32.2 Å². The van der Waals surface area contributed by atoms with Crippen LogP contribution >= 0.6 is 0 Å². The summed E-state index contributed by atoms with van der Waals surface area (Å²) in [5, 5.41) is 3.40. The molecular formula is C15H21FN2. The molecule has 1 saturated carbocycles. The smallest absolute Gasteiger partial charge is 0.123 e. The summed E-state index contributed by atoms with van der Waals surface area (Å²) in [6.07, 6.45) is 4.01. The number of hydrogen-bond acceptors (Lipinski definition) is 2. The van der Waals surface area contributed by atoms with Gasteiger partial charge in [-0.3, -0.25) is 4.90 Å². The van der Waals surface area contributed by atoms with Crippen LogP contribution in [-0.4, -0.2) is 31.1 Å². The standard InChI is InChI=1S/C15H21FN2/c16-14-6-4-13(5-7-14)15(12-2-1-3-12)18-10-8-17-9-11-18/h4-7,12,15,17H,1-3,8-11H2/t15-/m0/s1. The van der Waals surface area contributed by atoms with Crippen molar-refractivity contribution in [2.75, 3.05) is 26.2 Å². The normalized spacial score (nSPS) is 23.6. The van der Waals surface area contributed by atoms with Crippen LogP contribution in [0.5, 0.6) is 0 Å². The maximum absolute atomic E-state index is 13.1. The lowest BCUT2D eigenvalue weighted by molar-refractivity contribution is 0.0837.